The zero-order valence-electron chi connectivity index (χ0n) is 21.6. The molecule has 2 aromatic carbocycles. The smallest absolute Gasteiger partial charge is 0.000622 e. The van der Waals surface area contributed by atoms with Crippen LogP contribution in [0.5, 0.6) is 0 Å². The van der Waals surface area contributed by atoms with Gasteiger partial charge in [0, 0.05) is 12.0 Å². The summed E-state index contributed by atoms with van der Waals surface area (Å²) in [5.74, 6) is 1.56. The molecular weight excluding hydrogens is 408 g/mol. The maximum atomic E-state index is 3.55. The molecule has 0 unspecified atom stereocenters. The molecule has 0 aromatic heterocycles. The molecular formula is C34H44. The summed E-state index contributed by atoms with van der Waals surface area (Å²) in [6, 6.07) is 21.3. The molecule has 0 N–H and O–H groups in total. The van der Waals surface area contributed by atoms with Crippen molar-refractivity contribution in [2.24, 2.45) is 11.8 Å². The molecule has 2 aliphatic carbocycles. The van der Waals surface area contributed by atoms with Gasteiger partial charge < -0.3 is 0 Å². The van der Waals surface area contributed by atoms with E-state index in [9.17, 15) is 0 Å². The summed E-state index contributed by atoms with van der Waals surface area (Å²) in [5.41, 5.74) is 12.4. The first kappa shape index (κ1) is 26.1. The average molecular weight is 453 g/mol. The largest absolute Gasteiger partial charge is 0.126 e. The predicted molar refractivity (Wildman–Crippen MR) is 149 cm³/mol. The second kappa shape index (κ2) is 15.4. The topological polar surface area (TPSA) is 0 Å². The van der Waals surface area contributed by atoms with Crippen molar-refractivity contribution < 1.29 is 0 Å². The van der Waals surface area contributed by atoms with E-state index in [4.69, 9.17) is 0 Å². The van der Waals surface area contributed by atoms with Gasteiger partial charge in [-0.25, -0.2) is 0 Å². The van der Waals surface area contributed by atoms with Crippen LogP contribution >= 0.6 is 0 Å². The Morgan fingerprint density at radius 3 is 1.74 bits per heavy atom. The normalized spacial score (nSPS) is 16.3. The van der Waals surface area contributed by atoms with Crippen molar-refractivity contribution in [2.45, 2.75) is 90.9 Å². The highest BCUT2D eigenvalue weighted by molar-refractivity contribution is 5.64. The number of hydrogen-bond donors (Lipinski definition) is 0. The van der Waals surface area contributed by atoms with E-state index >= 15 is 0 Å². The SMILES string of the molecule is CC(=C=CC1CCCCC1)Cc1ccccc1.CCC(=C=CC1CCCCC1)c1ccccc1. The summed E-state index contributed by atoms with van der Waals surface area (Å²) in [5, 5.41) is 0. The Labute approximate surface area is 209 Å². The van der Waals surface area contributed by atoms with Gasteiger partial charge in [-0.2, -0.15) is 0 Å². The first-order chi connectivity index (χ1) is 16.7. The van der Waals surface area contributed by atoms with E-state index in [1.165, 1.54) is 86.5 Å². The number of hydrogen-bond acceptors (Lipinski definition) is 0. The third kappa shape index (κ3) is 9.77. The first-order valence-corrected chi connectivity index (χ1v) is 13.7. The Morgan fingerprint density at radius 1 is 0.706 bits per heavy atom. The molecule has 0 amide bonds. The molecule has 2 aromatic rings. The fourth-order valence-electron chi connectivity index (χ4n) is 5.06. The van der Waals surface area contributed by atoms with Crippen LogP contribution < -0.4 is 0 Å². The lowest BCUT2D eigenvalue weighted by molar-refractivity contribution is 0.419. The van der Waals surface area contributed by atoms with Gasteiger partial charge in [0.25, 0.3) is 0 Å². The minimum absolute atomic E-state index is 0.772. The summed E-state index contributed by atoms with van der Waals surface area (Å²) in [6.07, 6.45) is 20.6. The molecule has 34 heavy (non-hydrogen) atoms. The summed E-state index contributed by atoms with van der Waals surface area (Å²) in [4.78, 5) is 0. The van der Waals surface area contributed by atoms with Crippen LogP contribution in [0, 0.1) is 11.8 Å². The van der Waals surface area contributed by atoms with Gasteiger partial charge >= 0.3 is 0 Å². The molecule has 0 spiro atoms. The van der Waals surface area contributed by atoms with Gasteiger partial charge in [-0.05, 0) is 79.7 Å². The van der Waals surface area contributed by atoms with E-state index in [0.717, 1.165) is 24.7 Å². The van der Waals surface area contributed by atoms with E-state index in [0.29, 0.717) is 0 Å². The molecule has 2 fully saturated rings. The molecule has 0 nitrogen and oxygen atoms in total. The lowest BCUT2D eigenvalue weighted by Crippen LogP contribution is -2.02. The molecule has 180 valence electrons. The van der Waals surface area contributed by atoms with Gasteiger partial charge in [0.1, 0.15) is 0 Å². The van der Waals surface area contributed by atoms with E-state index in [1.807, 2.05) is 0 Å². The zero-order chi connectivity index (χ0) is 23.8. The van der Waals surface area contributed by atoms with E-state index < -0.39 is 0 Å². The van der Waals surface area contributed by atoms with Crippen LogP contribution in [-0.4, -0.2) is 0 Å². The number of allylic oxidation sites excluding steroid dienone is 2. The molecule has 0 heteroatoms. The van der Waals surface area contributed by atoms with Crippen LogP contribution in [0.25, 0.3) is 5.57 Å². The maximum absolute atomic E-state index is 3.55. The Kier molecular flexibility index (Phi) is 11.8. The minimum Gasteiger partial charge on any atom is -0.126 e. The maximum Gasteiger partial charge on any atom is 0.000622 e. The fraction of sp³-hybridized carbons (Fsp3) is 0.471. The van der Waals surface area contributed by atoms with Crippen LogP contribution in [0.15, 0.2) is 89.9 Å². The van der Waals surface area contributed by atoms with Crippen molar-refractivity contribution >= 4 is 5.57 Å². The van der Waals surface area contributed by atoms with E-state index in [-0.39, 0.29) is 0 Å². The van der Waals surface area contributed by atoms with Crippen molar-refractivity contribution in [2.75, 3.05) is 0 Å². The summed E-state index contributed by atoms with van der Waals surface area (Å²) in [7, 11) is 0. The average Bonchev–Trinajstić information content (AvgIpc) is 2.91. The third-order valence-corrected chi connectivity index (χ3v) is 7.15. The molecule has 2 saturated carbocycles. The highest BCUT2D eigenvalue weighted by Gasteiger charge is 2.10. The van der Waals surface area contributed by atoms with Crippen molar-refractivity contribution in [3.05, 3.63) is 101 Å². The molecule has 0 radical (unpaired) electrons. The molecule has 4 rings (SSSR count). The van der Waals surface area contributed by atoms with Gasteiger partial charge in [-0.3, -0.25) is 0 Å². The molecule has 0 aliphatic heterocycles. The van der Waals surface area contributed by atoms with Crippen molar-refractivity contribution in [1.29, 1.82) is 0 Å². The monoisotopic (exact) mass is 452 g/mol. The molecule has 0 atom stereocenters. The summed E-state index contributed by atoms with van der Waals surface area (Å²) in [6.45, 7) is 4.40. The van der Waals surface area contributed by atoms with Crippen LogP contribution in [0.3, 0.4) is 0 Å². The second-order valence-electron chi connectivity index (χ2n) is 10.1. The molecule has 0 saturated heterocycles. The zero-order valence-corrected chi connectivity index (χ0v) is 21.6. The summed E-state index contributed by atoms with van der Waals surface area (Å²) < 4.78 is 0. The van der Waals surface area contributed by atoms with Crippen LogP contribution in [0.1, 0.15) is 95.6 Å². The quantitative estimate of drug-likeness (QED) is 0.382. The van der Waals surface area contributed by atoms with Gasteiger partial charge in [0.2, 0.25) is 0 Å². The Bertz CT molecular complexity index is 938. The Hall–Kier alpha value is -2.52. The number of benzene rings is 2. The molecule has 2 aliphatic rings. The van der Waals surface area contributed by atoms with Crippen LogP contribution in [0.2, 0.25) is 0 Å². The van der Waals surface area contributed by atoms with Crippen molar-refractivity contribution in [3.63, 3.8) is 0 Å². The van der Waals surface area contributed by atoms with Gasteiger partial charge in [-0.15, -0.1) is 11.5 Å². The van der Waals surface area contributed by atoms with Gasteiger partial charge in [0.05, 0.1) is 0 Å². The molecule has 0 heterocycles. The first-order valence-electron chi connectivity index (χ1n) is 13.7. The predicted octanol–water partition coefficient (Wildman–Crippen LogP) is 10.1. The highest BCUT2D eigenvalue weighted by Crippen LogP contribution is 2.26. The van der Waals surface area contributed by atoms with Crippen molar-refractivity contribution in [3.8, 4) is 0 Å². The minimum atomic E-state index is 0.772. The lowest BCUT2D eigenvalue weighted by Gasteiger charge is -2.16. The van der Waals surface area contributed by atoms with Gasteiger partial charge in [-0.1, -0.05) is 106 Å². The fourth-order valence-corrected chi connectivity index (χ4v) is 5.06. The third-order valence-electron chi connectivity index (χ3n) is 7.15. The van der Waals surface area contributed by atoms with E-state index in [2.05, 4.69) is 98.1 Å². The van der Waals surface area contributed by atoms with Crippen LogP contribution in [-0.2, 0) is 6.42 Å². The van der Waals surface area contributed by atoms with Gasteiger partial charge in [0.15, 0.2) is 0 Å². The van der Waals surface area contributed by atoms with E-state index in [1.54, 1.807) is 0 Å². The highest BCUT2D eigenvalue weighted by atomic mass is 14.2. The van der Waals surface area contributed by atoms with Crippen LogP contribution in [0.4, 0.5) is 0 Å². The standard InChI is InChI=1S/2C17H22/c1-15(14-17-10-6-3-7-11-17)12-13-16-8-4-2-5-9-16;1-2-16(17-11-7-4-8-12-17)14-13-15-9-5-3-6-10-15/h3,6-7,10-11,13,16H,2,4-5,8-9,14H2,1H3;4,7-8,11-13,15H,2-3,5-6,9-10H2,1H3. The number of rotatable bonds is 6. The Balaban J connectivity index is 0.000000191. The second-order valence-corrected chi connectivity index (χ2v) is 10.1. The summed E-state index contributed by atoms with van der Waals surface area (Å²) >= 11 is 0. The Morgan fingerprint density at radius 2 is 1.21 bits per heavy atom. The van der Waals surface area contributed by atoms with Crippen molar-refractivity contribution in [1.82, 2.24) is 0 Å². The molecule has 0 bridgehead atoms. The lowest BCUT2D eigenvalue weighted by atomic mass is 9.89.